The monoisotopic (exact) mass is 373 g/mol. The largest absolute Gasteiger partial charge is 0.484 e. The van der Waals surface area contributed by atoms with E-state index in [9.17, 15) is 9.90 Å². The number of carbonyl (C=O) groups is 1. The molecule has 0 saturated carbocycles. The number of aliphatic hydroxyl groups is 1. The first-order valence-corrected chi connectivity index (χ1v) is 9.63. The summed E-state index contributed by atoms with van der Waals surface area (Å²) < 4.78 is 5.53. The number of aliphatic hydroxyl groups excluding tert-OH is 1. The second kappa shape index (κ2) is 8.29. The Bertz CT molecular complexity index is 827. The Balaban J connectivity index is 1.49. The molecule has 6 heteroatoms. The van der Waals surface area contributed by atoms with Gasteiger partial charge in [-0.2, -0.15) is 11.3 Å². The van der Waals surface area contributed by atoms with Gasteiger partial charge in [-0.05, 0) is 53.1 Å². The molecule has 0 aliphatic heterocycles. The topological polar surface area (TPSA) is 58.6 Å². The van der Waals surface area contributed by atoms with Gasteiger partial charge in [0, 0.05) is 9.75 Å². The van der Waals surface area contributed by atoms with Crippen molar-refractivity contribution in [3.63, 3.8) is 0 Å². The molecule has 3 rings (SSSR count). The third kappa shape index (κ3) is 4.69. The van der Waals surface area contributed by atoms with Gasteiger partial charge in [-0.25, -0.2) is 0 Å². The molecule has 1 aromatic carbocycles. The maximum absolute atomic E-state index is 11.9. The smallest absolute Gasteiger partial charge is 0.258 e. The Morgan fingerprint density at radius 3 is 2.84 bits per heavy atom. The number of aryl methyl sites for hydroxylation is 1. The lowest BCUT2D eigenvalue weighted by molar-refractivity contribution is -0.123. The molecule has 2 aromatic heterocycles. The molecule has 4 nitrogen and oxygen atoms in total. The van der Waals surface area contributed by atoms with E-state index in [0.29, 0.717) is 6.54 Å². The SMILES string of the molecule is Cc1ccccc1OCC(=O)NCc1ccc([C@H](O)c2ccsc2)s1. The molecule has 0 bridgehead atoms. The summed E-state index contributed by atoms with van der Waals surface area (Å²) in [5.41, 5.74) is 1.90. The van der Waals surface area contributed by atoms with Crippen molar-refractivity contribution in [2.75, 3.05) is 6.61 Å². The van der Waals surface area contributed by atoms with Crippen molar-refractivity contribution in [1.29, 1.82) is 0 Å². The van der Waals surface area contributed by atoms with Gasteiger partial charge in [0.15, 0.2) is 6.61 Å². The first-order valence-electron chi connectivity index (χ1n) is 7.87. The number of hydrogen-bond donors (Lipinski definition) is 2. The molecule has 130 valence electrons. The van der Waals surface area contributed by atoms with Crippen LogP contribution in [0.3, 0.4) is 0 Å². The van der Waals surface area contributed by atoms with E-state index in [1.807, 2.05) is 60.1 Å². The minimum absolute atomic E-state index is 0.0133. The molecule has 0 spiro atoms. The maximum atomic E-state index is 11.9. The normalized spacial score (nSPS) is 11.9. The zero-order valence-corrected chi connectivity index (χ0v) is 15.4. The Kier molecular flexibility index (Phi) is 5.86. The molecule has 25 heavy (non-hydrogen) atoms. The summed E-state index contributed by atoms with van der Waals surface area (Å²) >= 11 is 3.06. The fourth-order valence-corrected chi connectivity index (χ4v) is 3.98. The molecule has 0 aliphatic carbocycles. The highest BCUT2D eigenvalue weighted by Gasteiger charge is 2.13. The number of thiophene rings is 2. The molecule has 0 unspecified atom stereocenters. The highest BCUT2D eigenvalue weighted by atomic mass is 32.1. The van der Waals surface area contributed by atoms with Crippen molar-refractivity contribution >= 4 is 28.6 Å². The maximum Gasteiger partial charge on any atom is 0.258 e. The number of benzene rings is 1. The zero-order valence-electron chi connectivity index (χ0n) is 13.8. The summed E-state index contributed by atoms with van der Waals surface area (Å²) in [5, 5.41) is 17.0. The molecule has 3 aromatic rings. The van der Waals surface area contributed by atoms with Crippen LogP contribution in [0, 0.1) is 6.92 Å². The summed E-state index contributed by atoms with van der Waals surface area (Å²) in [4.78, 5) is 13.8. The Morgan fingerprint density at radius 2 is 2.08 bits per heavy atom. The summed E-state index contributed by atoms with van der Waals surface area (Å²) in [5.74, 6) is 0.548. The molecule has 2 heterocycles. The molecular formula is C19H19NO3S2. The molecule has 0 aliphatic rings. The summed E-state index contributed by atoms with van der Waals surface area (Å²) in [6.45, 7) is 2.36. The third-order valence-corrected chi connectivity index (χ3v) is 5.56. The molecule has 2 N–H and O–H groups in total. The van der Waals surface area contributed by atoms with Crippen molar-refractivity contribution in [2.24, 2.45) is 0 Å². The third-order valence-electron chi connectivity index (χ3n) is 3.72. The van der Waals surface area contributed by atoms with Crippen molar-refractivity contribution in [2.45, 2.75) is 19.6 Å². The van der Waals surface area contributed by atoms with Crippen LogP contribution in [0.1, 0.15) is 27.0 Å². The Morgan fingerprint density at radius 1 is 1.24 bits per heavy atom. The van der Waals surface area contributed by atoms with Crippen LogP contribution in [0.2, 0.25) is 0 Å². The molecular weight excluding hydrogens is 354 g/mol. The molecule has 0 fully saturated rings. The van der Waals surface area contributed by atoms with Crippen molar-refractivity contribution in [3.8, 4) is 5.75 Å². The summed E-state index contributed by atoms with van der Waals surface area (Å²) in [7, 11) is 0. The van der Waals surface area contributed by atoms with E-state index >= 15 is 0 Å². The molecule has 0 saturated heterocycles. The van der Waals surface area contributed by atoms with E-state index in [-0.39, 0.29) is 12.5 Å². The second-order valence-corrected chi connectivity index (χ2v) is 7.57. The Hall–Kier alpha value is -2.15. The van der Waals surface area contributed by atoms with E-state index in [1.165, 1.54) is 11.3 Å². The summed E-state index contributed by atoms with van der Waals surface area (Å²) in [6.07, 6.45) is -0.606. The van der Waals surface area contributed by atoms with E-state index in [4.69, 9.17) is 4.74 Å². The number of ether oxygens (including phenoxy) is 1. The number of hydrogen-bond acceptors (Lipinski definition) is 5. The minimum Gasteiger partial charge on any atom is -0.484 e. The first-order chi connectivity index (χ1) is 12.1. The van der Waals surface area contributed by atoms with Crippen LogP contribution in [-0.4, -0.2) is 17.6 Å². The molecule has 0 radical (unpaired) electrons. The van der Waals surface area contributed by atoms with Crippen LogP contribution in [0.25, 0.3) is 0 Å². The predicted molar refractivity (Wildman–Crippen MR) is 101 cm³/mol. The number of amides is 1. The van der Waals surface area contributed by atoms with Crippen LogP contribution in [0.15, 0.2) is 53.2 Å². The standard InChI is InChI=1S/C19H19NO3S2/c1-13-4-2-3-5-16(13)23-11-18(21)20-10-15-6-7-17(25-15)19(22)14-8-9-24-12-14/h2-9,12,19,22H,10-11H2,1H3,(H,20,21)/t19-/m1/s1. The van der Waals surface area contributed by atoms with E-state index < -0.39 is 6.10 Å². The average Bonchev–Trinajstić information content (AvgIpc) is 3.30. The van der Waals surface area contributed by atoms with Gasteiger partial charge >= 0.3 is 0 Å². The van der Waals surface area contributed by atoms with E-state index in [2.05, 4.69) is 5.32 Å². The van der Waals surface area contributed by atoms with Gasteiger partial charge in [0.2, 0.25) is 0 Å². The van der Waals surface area contributed by atoms with Crippen molar-refractivity contribution in [1.82, 2.24) is 5.32 Å². The lowest BCUT2D eigenvalue weighted by Crippen LogP contribution is -2.28. The number of rotatable bonds is 7. The van der Waals surface area contributed by atoms with Gasteiger partial charge in [-0.1, -0.05) is 18.2 Å². The molecule has 1 amide bonds. The van der Waals surface area contributed by atoms with Gasteiger partial charge in [0.1, 0.15) is 11.9 Å². The fraction of sp³-hybridized carbons (Fsp3) is 0.211. The predicted octanol–water partition coefficient (Wildman–Crippen LogP) is 3.89. The van der Waals surface area contributed by atoms with E-state index in [1.54, 1.807) is 11.3 Å². The number of nitrogens with one attached hydrogen (secondary N) is 1. The Labute approximate surface area is 154 Å². The second-order valence-electron chi connectivity index (χ2n) is 5.59. The number of carbonyl (C=O) groups excluding carboxylic acids is 1. The van der Waals surface area contributed by atoms with E-state index in [0.717, 1.165) is 26.6 Å². The highest BCUT2D eigenvalue weighted by molar-refractivity contribution is 7.12. The van der Waals surface area contributed by atoms with Gasteiger partial charge in [-0.15, -0.1) is 11.3 Å². The van der Waals surface area contributed by atoms with Crippen molar-refractivity contribution in [3.05, 3.63) is 74.1 Å². The van der Waals surface area contributed by atoms with Crippen LogP contribution in [-0.2, 0) is 11.3 Å². The van der Waals surface area contributed by atoms with Crippen LogP contribution >= 0.6 is 22.7 Å². The van der Waals surface area contributed by atoms with Gasteiger partial charge in [0.05, 0.1) is 6.54 Å². The summed E-state index contributed by atoms with van der Waals surface area (Å²) in [6, 6.07) is 13.3. The van der Waals surface area contributed by atoms with Crippen LogP contribution in [0.4, 0.5) is 0 Å². The fourth-order valence-electron chi connectivity index (χ4n) is 2.33. The van der Waals surface area contributed by atoms with Crippen LogP contribution < -0.4 is 10.1 Å². The van der Waals surface area contributed by atoms with Crippen molar-refractivity contribution < 1.29 is 14.6 Å². The quantitative estimate of drug-likeness (QED) is 0.660. The number of para-hydroxylation sites is 1. The zero-order chi connectivity index (χ0) is 17.6. The van der Waals surface area contributed by atoms with Crippen LogP contribution in [0.5, 0.6) is 5.75 Å². The first kappa shape index (κ1) is 17.7. The average molecular weight is 373 g/mol. The van der Waals surface area contributed by atoms with Gasteiger partial charge < -0.3 is 15.2 Å². The minimum atomic E-state index is -0.606. The van der Waals surface area contributed by atoms with Gasteiger partial charge in [-0.3, -0.25) is 4.79 Å². The lowest BCUT2D eigenvalue weighted by Gasteiger charge is -2.09. The lowest BCUT2D eigenvalue weighted by atomic mass is 10.2. The molecule has 1 atom stereocenters. The highest BCUT2D eigenvalue weighted by Crippen LogP contribution is 2.29. The van der Waals surface area contributed by atoms with Gasteiger partial charge in [0.25, 0.3) is 5.91 Å².